The monoisotopic (exact) mass is 502 g/mol. The summed E-state index contributed by atoms with van der Waals surface area (Å²) in [7, 11) is 0. The molecule has 6 N–H and O–H groups in total. The zero-order valence-corrected chi connectivity index (χ0v) is 22.9. The summed E-state index contributed by atoms with van der Waals surface area (Å²) >= 11 is 0. The summed E-state index contributed by atoms with van der Waals surface area (Å²) in [6.07, 6.45) is -6.18. The van der Waals surface area contributed by atoms with Gasteiger partial charge in [0.2, 0.25) is 0 Å². The van der Waals surface area contributed by atoms with E-state index in [9.17, 15) is 25.5 Å². The van der Waals surface area contributed by atoms with Gasteiger partial charge in [-0.05, 0) is 117 Å². The Hall–Kier alpha value is -1.80. The molecular weight excluding hydrogens is 456 g/mol. The van der Waals surface area contributed by atoms with Crippen LogP contribution in [0.4, 0.5) is 0 Å². The van der Waals surface area contributed by atoms with Crippen molar-refractivity contribution >= 4 is 0 Å². The molecule has 0 saturated carbocycles. The Morgan fingerprint density at radius 2 is 1.03 bits per heavy atom. The molecule has 7 atom stereocenters. The van der Waals surface area contributed by atoms with Crippen molar-refractivity contribution in [3.63, 3.8) is 0 Å². The van der Waals surface area contributed by atoms with Gasteiger partial charge in [0.05, 0.1) is 12.7 Å². The third kappa shape index (κ3) is 7.37. The zero-order chi connectivity index (χ0) is 27.3. The van der Waals surface area contributed by atoms with Crippen LogP contribution in [0.3, 0.4) is 0 Å². The number of aliphatic hydroxyl groups is 6. The molecule has 0 radical (unpaired) electrons. The van der Waals surface area contributed by atoms with Crippen LogP contribution in [-0.2, 0) is 12.8 Å². The van der Waals surface area contributed by atoms with Crippen LogP contribution in [0.15, 0.2) is 24.3 Å². The van der Waals surface area contributed by atoms with Gasteiger partial charge in [0.15, 0.2) is 0 Å². The minimum absolute atomic E-state index is 0.0243. The smallest absolute Gasteiger partial charge is 0.111 e. The highest BCUT2D eigenvalue weighted by atomic mass is 16.4. The number of benzene rings is 2. The first-order valence-corrected chi connectivity index (χ1v) is 12.9. The fourth-order valence-electron chi connectivity index (χ4n) is 5.03. The molecule has 0 bridgehead atoms. The molecule has 6 heteroatoms. The molecule has 2 aromatic rings. The van der Waals surface area contributed by atoms with Crippen LogP contribution in [-0.4, -0.2) is 67.8 Å². The molecule has 0 spiro atoms. The van der Waals surface area contributed by atoms with Crippen LogP contribution >= 0.6 is 0 Å². The van der Waals surface area contributed by atoms with Gasteiger partial charge >= 0.3 is 0 Å². The Morgan fingerprint density at radius 3 is 1.56 bits per heavy atom. The molecule has 0 aliphatic heterocycles. The Morgan fingerprint density at radius 1 is 0.583 bits per heavy atom. The highest BCUT2D eigenvalue weighted by Gasteiger charge is 2.39. The van der Waals surface area contributed by atoms with Crippen LogP contribution < -0.4 is 0 Å². The first-order chi connectivity index (χ1) is 16.8. The predicted molar refractivity (Wildman–Crippen MR) is 143 cm³/mol. The van der Waals surface area contributed by atoms with Gasteiger partial charge in [-0.3, -0.25) is 0 Å². The van der Waals surface area contributed by atoms with Gasteiger partial charge in [0, 0.05) is 0 Å². The Balaban J connectivity index is 2.33. The molecular formula is C30H46O6. The summed E-state index contributed by atoms with van der Waals surface area (Å²) in [5, 5.41) is 61.5. The molecule has 0 heterocycles. The lowest BCUT2D eigenvalue weighted by atomic mass is 9.76. The topological polar surface area (TPSA) is 121 Å². The molecule has 2 rings (SSSR count). The third-order valence-electron chi connectivity index (χ3n) is 8.03. The number of rotatable bonds is 12. The van der Waals surface area contributed by atoms with Crippen molar-refractivity contribution in [2.24, 2.45) is 11.8 Å². The molecule has 0 amide bonds. The van der Waals surface area contributed by atoms with Crippen LogP contribution in [0.2, 0.25) is 0 Å². The van der Waals surface area contributed by atoms with Crippen molar-refractivity contribution in [1.82, 2.24) is 0 Å². The lowest BCUT2D eigenvalue weighted by molar-refractivity contribution is -0.152. The molecule has 0 aromatic heterocycles. The first kappa shape index (κ1) is 30.4. The fourth-order valence-corrected chi connectivity index (χ4v) is 5.03. The molecule has 6 nitrogen and oxygen atoms in total. The zero-order valence-electron chi connectivity index (χ0n) is 22.9. The van der Waals surface area contributed by atoms with Crippen molar-refractivity contribution in [2.75, 3.05) is 6.61 Å². The van der Waals surface area contributed by atoms with Crippen molar-refractivity contribution in [2.45, 2.75) is 98.2 Å². The maximum atomic E-state index is 11.3. The van der Waals surface area contributed by atoms with E-state index in [1.54, 1.807) is 0 Å². The lowest BCUT2D eigenvalue weighted by Crippen LogP contribution is -2.52. The lowest BCUT2D eigenvalue weighted by Gasteiger charge is -2.36. The van der Waals surface area contributed by atoms with E-state index in [-0.39, 0.29) is 5.92 Å². The average Bonchev–Trinajstić information content (AvgIpc) is 2.84. The van der Waals surface area contributed by atoms with E-state index in [4.69, 9.17) is 5.11 Å². The summed E-state index contributed by atoms with van der Waals surface area (Å²) < 4.78 is 0. The molecule has 0 fully saturated rings. The van der Waals surface area contributed by atoms with Crippen LogP contribution in [0.25, 0.3) is 0 Å². The van der Waals surface area contributed by atoms with E-state index in [1.807, 2.05) is 20.8 Å². The summed E-state index contributed by atoms with van der Waals surface area (Å²) in [6.45, 7) is 13.7. The van der Waals surface area contributed by atoms with Crippen molar-refractivity contribution in [3.8, 4) is 0 Å². The van der Waals surface area contributed by atoms with E-state index in [0.717, 1.165) is 29.5 Å². The molecule has 2 aromatic carbocycles. The summed E-state index contributed by atoms with van der Waals surface area (Å²) in [5.74, 6) is -0.440. The Labute approximate surface area is 216 Å². The van der Waals surface area contributed by atoms with E-state index in [1.165, 1.54) is 27.8 Å². The van der Waals surface area contributed by atoms with Gasteiger partial charge in [0.1, 0.15) is 24.4 Å². The maximum absolute atomic E-state index is 11.3. The van der Waals surface area contributed by atoms with Crippen LogP contribution in [0.5, 0.6) is 0 Å². The van der Waals surface area contributed by atoms with Crippen molar-refractivity contribution in [1.29, 1.82) is 0 Å². The summed E-state index contributed by atoms with van der Waals surface area (Å²) in [5.41, 5.74) is 9.45. The summed E-state index contributed by atoms with van der Waals surface area (Å²) in [6, 6.07) is 8.62. The second kappa shape index (κ2) is 13.1. The SMILES string of the molecule is Cc1cc(C)c(CCC(C)C(Cc2cc(C)c(C)cc2C)C(O)[C@@H](O)[C@@H](O)[C@H](O)[C@@H](O)CO)cc1C. The van der Waals surface area contributed by atoms with Gasteiger partial charge in [-0.2, -0.15) is 0 Å². The highest BCUT2D eigenvalue weighted by Crippen LogP contribution is 2.31. The second-order valence-corrected chi connectivity index (χ2v) is 10.8. The van der Waals surface area contributed by atoms with Crippen LogP contribution in [0, 0.1) is 53.4 Å². The molecule has 3 unspecified atom stereocenters. The fraction of sp³-hybridized carbons (Fsp3) is 0.600. The number of hydrogen-bond acceptors (Lipinski definition) is 6. The van der Waals surface area contributed by atoms with Gasteiger partial charge in [-0.1, -0.05) is 31.2 Å². The highest BCUT2D eigenvalue weighted by molar-refractivity contribution is 5.37. The molecule has 0 saturated heterocycles. The van der Waals surface area contributed by atoms with Crippen molar-refractivity contribution < 1.29 is 30.6 Å². The molecule has 36 heavy (non-hydrogen) atoms. The van der Waals surface area contributed by atoms with E-state index in [2.05, 4.69) is 52.0 Å². The van der Waals surface area contributed by atoms with Gasteiger partial charge in [-0.25, -0.2) is 0 Å². The number of hydrogen-bond donors (Lipinski definition) is 6. The molecule has 202 valence electrons. The maximum Gasteiger partial charge on any atom is 0.111 e. The van der Waals surface area contributed by atoms with Gasteiger partial charge in [0.25, 0.3) is 0 Å². The molecule has 0 aliphatic carbocycles. The third-order valence-corrected chi connectivity index (χ3v) is 8.03. The largest absolute Gasteiger partial charge is 0.394 e. The average molecular weight is 503 g/mol. The van der Waals surface area contributed by atoms with E-state index < -0.39 is 43.0 Å². The Kier molecular flexibility index (Phi) is 11.1. The van der Waals surface area contributed by atoms with Gasteiger partial charge in [-0.15, -0.1) is 0 Å². The minimum atomic E-state index is -1.81. The van der Waals surface area contributed by atoms with E-state index >= 15 is 0 Å². The minimum Gasteiger partial charge on any atom is -0.394 e. The van der Waals surface area contributed by atoms with Crippen molar-refractivity contribution in [3.05, 3.63) is 68.8 Å². The van der Waals surface area contributed by atoms with Gasteiger partial charge < -0.3 is 30.6 Å². The second-order valence-electron chi connectivity index (χ2n) is 10.8. The predicted octanol–water partition coefficient (Wildman–Crippen LogP) is 2.76. The molecule has 0 aliphatic rings. The van der Waals surface area contributed by atoms with Crippen LogP contribution in [0.1, 0.15) is 57.9 Å². The Bertz CT molecular complexity index is 1000. The first-order valence-electron chi connectivity index (χ1n) is 12.9. The standard InChI is InChI=1S/C30H46O6/c1-16(8-9-23-12-19(4)17(2)10-21(23)6)25(14-24-13-20(5)18(3)11-22(24)7)27(33)29(35)30(36)28(34)26(32)15-31/h10-13,16,25-36H,8-9,14-15H2,1-7H3/t16?,25?,26-,27?,28+,29+,30-/m0/s1. The normalized spacial score (nSPS) is 17.8. The summed E-state index contributed by atoms with van der Waals surface area (Å²) in [4.78, 5) is 0. The number of aryl methyl sites for hydroxylation is 7. The van der Waals surface area contributed by atoms with E-state index in [0.29, 0.717) is 6.42 Å². The quantitative estimate of drug-likeness (QED) is 0.265. The number of aliphatic hydroxyl groups excluding tert-OH is 6.